The highest BCUT2D eigenvalue weighted by molar-refractivity contribution is 7.89. The highest BCUT2D eigenvalue weighted by Crippen LogP contribution is 2.36. The Morgan fingerprint density at radius 1 is 0.889 bits per heavy atom. The molecule has 1 fully saturated rings. The molecule has 0 aliphatic carbocycles. The van der Waals surface area contributed by atoms with E-state index < -0.39 is 16.1 Å². The summed E-state index contributed by atoms with van der Waals surface area (Å²) in [6.45, 7) is 3.23. The fourth-order valence-corrected chi connectivity index (χ4v) is 6.57. The second kappa shape index (κ2) is 13.1. The number of pyridine rings is 1. The number of rotatable bonds is 9. The van der Waals surface area contributed by atoms with Crippen LogP contribution in [0.5, 0.6) is 0 Å². The lowest BCUT2D eigenvalue weighted by molar-refractivity contribution is -0.117. The molecule has 45 heavy (non-hydrogen) atoms. The first-order valence-corrected chi connectivity index (χ1v) is 16.6. The number of aryl methyl sites for hydroxylation is 1. The number of nitrogens with two attached hydrogens (primary N) is 1. The Morgan fingerprint density at radius 2 is 1.60 bits per heavy atom. The molecule has 0 saturated carbocycles. The van der Waals surface area contributed by atoms with Crippen molar-refractivity contribution in [2.24, 2.45) is 5.14 Å². The van der Waals surface area contributed by atoms with E-state index in [1.165, 1.54) is 12.1 Å². The first-order chi connectivity index (χ1) is 21.8. The van der Waals surface area contributed by atoms with E-state index in [9.17, 15) is 18.0 Å². The molecule has 2 amide bonds. The summed E-state index contributed by atoms with van der Waals surface area (Å²) in [5.74, 6) is -0.162. The summed E-state index contributed by atoms with van der Waals surface area (Å²) in [4.78, 5) is 37.5. The van der Waals surface area contributed by atoms with Crippen molar-refractivity contribution in [3.8, 4) is 0 Å². The fourth-order valence-electron chi connectivity index (χ4n) is 6.06. The molecule has 3 aromatic carbocycles. The Morgan fingerprint density at radius 3 is 2.29 bits per heavy atom. The van der Waals surface area contributed by atoms with Gasteiger partial charge in [0.25, 0.3) is 5.91 Å². The average Bonchev–Trinajstić information content (AvgIpc) is 3.06. The minimum Gasteiger partial charge on any atom is -0.368 e. The van der Waals surface area contributed by atoms with Crippen LogP contribution in [0.1, 0.15) is 34.3 Å². The Hall–Kier alpha value is -4.74. The van der Waals surface area contributed by atoms with E-state index in [1.54, 1.807) is 30.6 Å². The minimum atomic E-state index is -3.75. The standard InChI is InChI=1S/C34H36N6O4S/c35-45(43,44)29-12-9-25(10-13-29)7-4-8-32-33(41)37-30-23-27(11-14-31(30)40(32)24-26-5-2-1-3-6-26)34(42)39-21-19-38(20-22-39)28-15-17-36-18-16-28/h1-3,5-6,9-18,23,32H,4,7-8,19-22,24H2,(H,37,41)(H2,35,43,44). The summed E-state index contributed by atoms with van der Waals surface area (Å²) >= 11 is 0. The number of carbonyl (C=O) groups is 2. The minimum absolute atomic E-state index is 0.0494. The quantitative estimate of drug-likeness (QED) is 0.288. The number of hydrogen-bond acceptors (Lipinski definition) is 7. The van der Waals surface area contributed by atoms with E-state index in [2.05, 4.69) is 20.1 Å². The lowest BCUT2D eigenvalue weighted by Gasteiger charge is -2.39. The van der Waals surface area contributed by atoms with Crippen LogP contribution < -0.4 is 20.3 Å². The third-order valence-corrected chi connectivity index (χ3v) is 9.40. The SMILES string of the molecule is NS(=O)(=O)c1ccc(CCCC2C(=O)Nc3cc(C(=O)N4CCN(c5ccncc5)CC4)ccc3N2Cc2ccccc2)cc1. The lowest BCUT2D eigenvalue weighted by Crippen LogP contribution is -2.49. The van der Waals surface area contributed by atoms with Crippen molar-refractivity contribution in [3.05, 3.63) is 114 Å². The summed E-state index contributed by atoms with van der Waals surface area (Å²) < 4.78 is 23.2. The van der Waals surface area contributed by atoms with Gasteiger partial charge in [-0.05, 0) is 72.9 Å². The van der Waals surface area contributed by atoms with E-state index in [0.717, 1.165) is 42.0 Å². The number of nitrogens with zero attached hydrogens (tertiary/aromatic N) is 4. The second-order valence-electron chi connectivity index (χ2n) is 11.4. The molecule has 0 radical (unpaired) electrons. The summed E-state index contributed by atoms with van der Waals surface area (Å²) in [5, 5.41) is 8.30. The Balaban J connectivity index is 1.17. The molecule has 232 valence electrons. The van der Waals surface area contributed by atoms with Crippen LogP contribution in [0, 0.1) is 0 Å². The molecule has 0 spiro atoms. The Labute approximate surface area is 263 Å². The van der Waals surface area contributed by atoms with Crippen LogP contribution in [0.15, 0.2) is 102 Å². The van der Waals surface area contributed by atoms with Crippen molar-refractivity contribution < 1.29 is 18.0 Å². The number of amides is 2. The number of piperazine rings is 1. The number of benzene rings is 3. The van der Waals surface area contributed by atoms with Crippen LogP contribution in [0.3, 0.4) is 0 Å². The Kier molecular flexibility index (Phi) is 8.81. The molecule has 3 N–H and O–H groups in total. The lowest BCUT2D eigenvalue weighted by atomic mass is 9.98. The summed E-state index contributed by atoms with van der Waals surface area (Å²) in [6.07, 6.45) is 5.55. The summed E-state index contributed by atoms with van der Waals surface area (Å²) in [7, 11) is -3.75. The van der Waals surface area contributed by atoms with Crippen LogP contribution in [-0.4, -0.2) is 62.3 Å². The maximum Gasteiger partial charge on any atom is 0.254 e. The van der Waals surface area contributed by atoms with E-state index in [4.69, 9.17) is 5.14 Å². The van der Waals surface area contributed by atoms with Gasteiger partial charge in [0.2, 0.25) is 15.9 Å². The van der Waals surface area contributed by atoms with Crippen molar-refractivity contribution in [2.75, 3.05) is 41.3 Å². The van der Waals surface area contributed by atoms with Crippen LogP contribution >= 0.6 is 0 Å². The van der Waals surface area contributed by atoms with Gasteiger partial charge in [0.05, 0.1) is 16.3 Å². The number of primary sulfonamides is 1. The molecule has 1 saturated heterocycles. The van der Waals surface area contributed by atoms with E-state index in [0.29, 0.717) is 43.7 Å². The molecule has 1 aromatic heterocycles. The number of fused-ring (bicyclic) bond motifs is 1. The molecule has 1 unspecified atom stereocenters. The third kappa shape index (κ3) is 7.00. The fraction of sp³-hybridized carbons (Fsp3) is 0.265. The average molecular weight is 625 g/mol. The zero-order valence-electron chi connectivity index (χ0n) is 24.9. The molecule has 0 bridgehead atoms. The molecule has 11 heteroatoms. The van der Waals surface area contributed by atoms with Gasteiger partial charge in [-0.25, -0.2) is 13.6 Å². The van der Waals surface area contributed by atoms with Gasteiger partial charge in [0.15, 0.2) is 0 Å². The highest BCUT2D eigenvalue weighted by Gasteiger charge is 2.33. The van der Waals surface area contributed by atoms with E-state index in [-0.39, 0.29) is 16.7 Å². The number of anilines is 3. The van der Waals surface area contributed by atoms with Crippen LogP contribution in [-0.2, 0) is 27.8 Å². The van der Waals surface area contributed by atoms with Crippen LogP contribution in [0.4, 0.5) is 17.1 Å². The maximum atomic E-state index is 13.6. The molecule has 2 aliphatic heterocycles. The van der Waals surface area contributed by atoms with Crippen LogP contribution in [0.25, 0.3) is 0 Å². The normalized spacial score (nSPS) is 16.7. The molecule has 1 atom stereocenters. The van der Waals surface area contributed by atoms with Gasteiger partial charge in [-0.1, -0.05) is 42.5 Å². The van der Waals surface area contributed by atoms with Gasteiger partial charge in [-0.15, -0.1) is 0 Å². The van der Waals surface area contributed by atoms with Crippen molar-refractivity contribution in [1.82, 2.24) is 9.88 Å². The number of carbonyl (C=O) groups excluding carboxylic acids is 2. The monoisotopic (exact) mass is 624 g/mol. The number of hydrogen-bond donors (Lipinski definition) is 2. The van der Waals surface area contributed by atoms with Crippen molar-refractivity contribution in [2.45, 2.75) is 36.7 Å². The van der Waals surface area contributed by atoms with Crippen molar-refractivity contribution in [3.63, 3.8) is 0 Å². The first kappa shape index (κ1) is 30.3. The largest absolute Gasteiger partial charge is 0.368 e. The number of nitrogens with one attached hydrogen (secondary N) is 1. The highest BCUT2D eigenvalue weighted by atomic mass is 32.2. The summed E-state index contributed by atoms with van der Waals surface area (Å²) in [6, 6.07) is 25.7. The summed E-state index contributed by atoms with van der Waals surface area (Å²) in [5.41, 5.74) is 5.20. The zero-order valence-corrected chi connectivity index (χ0v) is 25.7. The van der Waals surface area contributed by atoms with Gasteiger partial charge < -0.3 is 20.0 Å². The van der Waals surface area contributed by atoms with Crippen LogP contribution in [0.2, 0.25) is 0 Å². The molecule has 6 rings (SSSR count). The predicted octanol–water partition coefficient (Wildman–Crippen LogP) is 4.04. The molecular formula is C34H36N6O4S. The maximum absolute atomic E-state index is 13.6. The third-order valence-electron chi connectivity index (χ3n) is 8.48. The number of sulfonamides is 1. The smallest absolute Gasteiger partial charge is 0.254 e. The van der Waals surface area contributed by atoms with Crippen molar-refractivity contribution in [1.29, 1.82) is 0 Å². The van der Waals surface area contributed by atoms with Gasteiger partial charge in [0, 0.05) is 56.4 Å². The van der Waals surface area contributed by atoms with Gasteiger partial charge >= 0.3 is 0 Å². The molecule has 4 aromatic rings. The van der Waals surface area contributed by atoms with E-state index >= 15 is 0 Å². The first-order valence-electron chi connectivity index (χ1n) is 15.1. The molecule has 3 heterocycles. The predicted molar refractivity (Wildman–Crippen MR) is 175 cm³/mol. The van der Waals surface area contributed by atoms with Gasteiger partial charge in [-0.3, -0.25) is 14.6 Å². The zero-order chi connectivity index (χ0) is 31.4. The second-order valence-corrected chi connectivity index (χ2v) is 13.0. The number of aromatic nitrogens is 1. The molecule has 10 nitrogen and oxygen atoms in total. The van der Waals surface area contributed by atoms with Gasteiger partial charge in [0.1, 0.15) is 6.04 Å². The molecule has 2 aliphatic rings. The van der Waals surface area contributed by atoms with Crippen molar-refractivity contribution >= 4 is 38.9 Å². The van der Waals surface area contributed by atoms with E-state index in [1.807, 2.05) is 59.5 Å². The van der Waals surface area contributed by atoms with Gasteiger partial charge in [-0.2, -0.15) is 0 Å². The Bertz CT molecular complexity index is 1760. The molecular weight excluding hydrogens is 588 g/mol. The topological polar surface area (TPSA) is 129 Å².